The quantitative estimate of drug-likeness (QED) is 0.155. The average molecular weight is 495 g/mol. The largest absolute Gasteiger partial charge is 0.466 e. The zero-order valence-electron chi connectivity index (χ0n) is 7.87. The van der Waals surface area contributed by atoms with Gasteiger partial charge in [0, 0.05) is 61.5 Å². The van der Waals surface area contributed by atoms with Crippen LogP contribution >= 0.6 is 23.5 Å². The average Bonchev–Trinajstić information content (AvgIpc) is 1.41. The van der Waals surface area contributed by atoms with Crippen LogP contribution in [0.1, 0.15) is 0 Å². The normalized spacial score (nSPS) is 9.83. The molecule has 0 aromatic carbocycles. The van der Waals surface area contributed by atoms with E-state index in [-0.39, 0.29) is 61.5 Å². The summed E-state index contributed by atoms with van der Waals surface area (Å²) in [4.78, 5) is 64.7. The molecule has 2 radical (unpaired) electrons. The van der Waals surface area contributed by atoms with Crippen LogP contribution in [0.3, 0.4) is 0 Å². The molecule has 0 aromatic rings. The van der Waals surface area contributed by atoms with Gasteiger partial charge in [0.05, 0.1) is 0 Å². The number of phosphoric acid groups is 3. The van der Waals surface area contributed by atoms with E-state index in [9.17, 15) is 0 Å². The second kappa shape index (κ2) is 15.7. The van der Waals surface area contributed by atoms with E-state index in [0.717, 1.165) is 0 Å². The maximum atomic E-state index is 8.88. The third kappa shape index (κ3) is 1030. The van der Waals surface area contributed by atoms with Crippen LogP contribution in [0.5, 0.6) is 0 Å². The predicted molar refractivity (Wildman–Crippen MR) is 42.8 cm³/mol. The molecule has 18 heteroatoms. The number of hydrogen-bond donors (Lipinski definition) is 9. The van der Waals surface area contributed by atoms with Crippen LogP contribution in [0.4, 0.5) is 0 Å². The Kier molecular flexibility index (Phi) is 32.2. The molecule has 0 aromatic heterocycles. The van der Waals surface area contributed by atoms with Gasteiger partial charge in [-0.15, -0.1) is 0 Å². The van der Waals surface area contributed by atoms with E-state index in [1.165, 1.54) is 0 Å². The third-order valence-electron chi connectivity index (χ3n) is 0. The minimum Gasteiger partial charge on any atom is -0.303 e. The van der Waals surface area contributed by atoms with Crippen LogP contribution in [0.2, 0.25) is 0 Å². The van der Waals surface area contributed by atoms with Crippen molar-refractivity contribution in [3.63, 3.8) is 0 Å². The molecule has 0 heterocycles. The Morgan fingerprint density at radius 2 is 0.500 bits per heavy atom. The van der Waals surface area contributed by atoms with E-state index >= 15 is 0 Å². The molecule has 0 amide bonds. The molecule has 0 atom stereocenters. The van der Waals surface area contributed by atoms with Crippen molar-refractivity contribution in [2.75, 3.05) is 0 Å². The van der Waals surface area contributed by atoms with Gasteiger partial charge in [-0.2, -0.15) is 0 Å². The van der Waals surface area contributed by atoms with Crippen molar-refractivity contribution in [1.82, 2.24) is 0 Å². The van der Waals surface area contributed by atoms with Crippen molar-refractivity contribution >= 4 is 23.5 Å². The molecule has 0 rings (SSSR count). The van der Waals surface area contributed by atoms with Crippen LogP contribution in [-0.2, 0) is 75.2 Å². The van der Waals surface area contributed by atoms with Crippen molar-refractivity contribution in [2.45, 2.75) is 0 Å². The monoisotopic (exact) mass is 494 g/mol. The van der Waals surface area contributed by atoms with Gasteiger partial charge in [-0.1, -0.05) is 0 Å². The Bertz CT molecular complexity index is 213. The van der Waals surface area contributed by atoms with E-state index in [1.54, 1.807) is 0 Å². The van der Waals surface area contributed by atoms with Gasteiger partial charge in [0.2, 0.25) is 0 Å². The first kappa shape index (κ1) is 37.0. The van der Waals surface area contributed by atoms with Gasteiger partial charge in [0.1, 0.15) is 0 Å². The molecule has 18 heavy (non-hydrogen) atoms. The Morgan fingerprint density at radius 1 is 0.500 bits per heavy atom. The summed E-state index contributed by atoms with van der Waals surface area (Å²) in [6.07, 6.45) is 0. The summed E-state index contributed by atoms with van der Waals surface area (Å²) >= 11 is 0. The summed E-state index contributed by atoms with van der Waals surface area (Å²) in [6.45, 7) is 0. The van der Waals surface area contributed by atoms with Gasteiger partial charge < -0.3 is 44.0 Å². The predicted octanol–water partition coefficient (Wildman–Crippen LogP) is -2.79. The van der Waals surface area contributed by atoms with E-state index in [1.807, 2.05) is 0 Å². The molecule has 0 bridgehead atoms. The van der Waals surface area contributed by atoms with Gasteiger partial charge >= 0.3 is 23.5 Å². The fraction of sp³-hybridized carbons (Fsp3) is 0. The Hall–Kier alpha value is 2.30. The standard InChI is InChI=1S/Co.3H3O4P.V.Zr/c;3*1-5(2,3)4;;/h;3*(H3,1,2,3,4);;. The Morgan fingerprint density at radius 3 is 0.500 bits per heavy atom. The molecule has 9 N–H and O–H groups in total. The van der Waals surface area contributed by atoms with E-state index in [2.05, 4.69) is 0 Å². The van der Waals surface area contributed by atoms with E-state index < -0.39 is 23.5 Å². The van der Waals surface area contributed by atoms with Crippen molar-refractivity contribution in [1.29, 1.82) is 0 Å². The van der Waals surface area contributed by atoms with Gasteiger partial charge in [-0.05, 0) is 0 Å². The van der Waals surface area contributed by atoms with Gasteiger partial charge in [-0.3, -0.25) is 0 Å². The maximum Gasteiger partial charge on any atom is 0.466 e. The number of hydrogen-bond acceptors (Lipinski definition) is 3. The summed E-state index contributed by atoms with van der Waals surface area (Å²) in [5, 5.41) is 0. The molecule has 0 aliphatic heterocycles. The summed E-state index contributed by atoms with van der Waals surface area (Å²) in [5.74, 6) is 0. The minimum atomic E-state index is -4.64. The topological polar surface area (TPSA) is 233 Å². The summed E-state index contributed by atoms with van der Waals surface area (Å²) in [7, 11) is -13.9. The number of rotatable bonds is 0. The SMILES string of the molecule is O=P(O)(O)O.O=P(O)(O)O.O=P(O)(O)O.[Co].[V].[Zr]. The minimum absolute atomic E-state index is 0. The Labute approximate surface area is 142 Å². The van der Waals surface area contributed by atoms with E-state index in [4.69, 9.17) is 57.7 Å². The molecule has 0 saturated heterocycles. The Balaban J connectivity index is -0.0000000277. The molecule has 0 saturated carbocycles. The molecule has 114 valence electrons. The fourth-order valence-corrected chi connectivity index (χ4v) is 0. The third-order valence-corrected chi connectivity index (χ3v) is 0. The van der Waals surface area contributed by atoms with Crippen molar-refractivity contribution < 1.29 is 119 Å². The second-order valence-corrected chi connectivity index (χ2v) is 4.62. The molecule has 0 spiro atoms. The molecule has 0 aliphatic rings. The summed E-state index contributed by atoms with van der Waals surface area (Å²) in [5.41, 5.74) is 0. The zero-order valence-corrected chi connectivity index (χ0v) is 15.5. The van der Waals surface area contributed by atoms with E-state index in [0.29, 0.717) is 0 Å². The smallest absolute Gasteiger partial charge is 0.303 e. The molecule has 0 fully saturated rings. The van der Waals surface area contributed by atoms with Gasteiger partial charge in [-0.25, -0.2) is 13.7 Å². The second-order valence-electron chi connectivity index (χ2n) is 1.54. The van der Waals surface area contributed by atoms with Crippen molar-refractivity contribution in [3.05, 3.63) is 0 Å². The zero-order chi connectivity index (χ0) is 13.5. The van der Waals surface area contributed by atoms with Crippen molar-refractivity contribution in [3.8, 4) is 0 Å². The first-order valence-electron chi connectivity index (χ1n) is 2.35. The van der Waals surface area contributed by atoms with Gasteiger partial charge in [0.25, 0.3) is 0 Å². The molecule has 12 nitrogen and oxygen atoms in total. The summed E-state index contributed by atoms with van der Waals surface area (Å²) in [6, 6.07) is 0. The fourth-order valence-electron chi connectivity index (χ4n) is 0. The molecule has 0 aliphatic carbocycles. The van der Waals surface area contributed by atoms with Crippen LogP contribution in [0.15, 0.2) is 0 Å². The van der Waals surface area contributed by atoms with Crippen LogP contribution in [-0.4, -0.2) is 44.0 Å². The summed E-state index contributed by atoms with van der Waals surface area (Å²) < 4.78 is 26.6. The first-order valence-corrected chi connectivity index (χ1v) is 7.04. The molecular formula is H9CoO12P3VZr. The van der Waals surface area contributed by atoms with Crippen LogP contribution in [0, 0.1) is 0 Å². The molecular weight excluding hydrogens is 486 g/mol. The maximum absolute atomic E-state index is 8.88. The molecule has 0 unspecified atom stereocenters. The van der Waals surface area contributed by atoms with Gasteiger partial charge in [0.15, 0.2) is 0 Å². The van der Waals surface area contributed by atoms with Crippen LogP contribution < -0.4 is 0 Å². The van der Waals surface area contributed by atoms with Crippen LogP contribution in [0.25, 0.3) is 0 Å². The van der Waals surface area contributed by atoms with Crippen molar-refractivity contribution in [2.24, 2.45) is 0 Å². The first-order chi connectivity index (χ1) is 6.00.